The number of hydrogen-bond donors (Lipinski definition) is 2. The van der Waals surface area contributed by atoms with E-state index in [2.05, 4.69) is 10.0 Å². The van der Waals surface area contributed by atoms with Gasteiger partial charge in [-0.1, -0.05) is 29.8 Å². The minimum atomic E-state index is -3.80. The quantitative estimate of drug-likeness (QED) is 0.784. The number of carbonyl (C=O) groups excluding carboxylic acids is 1. The maximum Gasteiger partial charge on any atom is 0.241 e. The molecule has 0 unspecified atom stereocenters. The van der Waals surface area contributed by atoms with Crippen molar-refractivity contribution in [1.29, 1.82) is 0 Å². The second-order valence-corrected chi connectivity index (χ2v) is 7.37. The van der Waals surface area contributed by atoms with Gasteiger partial charge in [-0.05, 0) is 43.2 Å². The minimum absolute atomic E-state index is 0.127. The summed E-state index contributed by atoms with van der Waals surface area (Å²) in [7, 11) is -0.757. The van der Waals surface area contributed by atoms with Gasteiger partial charge in [-0.2, -0.15) is 4.72 Å². The zero-order valence-electron chi connectivity index (χ0n) is 14.4. The second-order valence-electron chi connectivity index (χ2n) is 5.65. The molecule has 0 saturated carbocycles. The summed E-state index contributed by atoms with van der Waals surface area (Å²) in [6.45, 7) is 1.88. The molecule has 25 heavy (non-hydrogen) atoms. The van der Waals surface area contributed by atoms with E-state index in [1.54, 1.807) is 43.5 Å². The minimum Gasteiger partial charge on any atom is -0.497 e. The molecule has 0 fully saturated rings. The number of ether oxygens (including phenoxy) is 1. The van der Waals surface area contributed by atoms with Crippen LogP contribution in [0.3, 0.4) is 0 Å². The smallest absolute Gasteiger partial charge is 0.241 e. The van der Waals surface area contributed by atoms with Crippen LogP contribution in [0.4, 0.5) is 0 Å². The van der Waals surface area contributed by atoms with Gasteiger partial charge >= 0.3 is 0 Å². The highest BCUT2D eigenvalue weighted by molar-refractivity contribution is 7.89. The first kappa shape index (κ1) is 19.0. The Bertz CT molecular complexity index is 815. The van der Waals surface area contributed by atoms with Gasteiger partial charge in [0, 0.05) is 7.05 Å². The third-order valence-electron chi connectivity index (χ3n) is 3.79. The third-order valence-corrected chi connectivity index (χ3v) is 5.28. The fraction of sp³-hybridized carbons (Fsp3) is 0.278. The summed E-state index contributed by atoms with van der Waals surface area (Å²) in [6, 6.07) is 12.7. The molecular formula is C18H22N2O4S. The van der Waals surface area contributed by atoms with Crippen LogP contribution >= 0.6 is 0 Å². The lowest BCUT2D eigenvalue weighted by molar-refractivity contribution is -0.122. The van der Waals surface area contributed by atoms with Gasteiger partial charge < -0.3 is 10.1 Å². The van der Waals surface area contributed by atoms with Crippen LogP contribution in [0, 0.1) is 6.92 Å². The number of aryl methyl sites for hydroxylation is 1. The van der Waals surface area contributed by atoms with Crippen molar-refractivity contribution >= 4 is 15.9 Å². The van der Waals surface area contributed by atoms with E-state index in [4.69, 9.17) is 4.74 Å². The predicted octanol–water partition coefficient (Wildman–Crippen LogP) is 1.64. The summed E-state index contributed by atoms with van der Waals surface area (Å²) < 4.78 is 32.7. The lowest BCUT2D eigenvalue weighted by Crippen LogP contribution is -2.46. The molecule has 0 spiro atoms. The molecule has 0 saturated heterocycles. The van der Waals surface area contributed by atoms with Crippen molar-refractivity contribution < 1.29 is 17.9 Å². The third kappa shape index (κ3) is 5.04. The second kappa shape index (κ2) is 8.13. The van der Waals surface area contributed by atoms with Gasteiger partial charge in [0.05, 0.1) is 12.0 Å². The van der Waals surface area contributed by atoms with E-state index in [0.29, 0.717) is 5.75 Å². The number of hydrogen-bond acceptors (Lipinski definition) is 4. The first-order valence-electron chi connectivity index (χ1n) is 7.79. The van der Waals surface area contributed by atoms with Crippen molar-refractivity contribution in [3.05, 3.63) is 59.7 Å². The number of carbonyl (C=O) groups is 1. The highest BCUT2D eigenvalue weighted by Crippen LogP contribution is 2.15. The molecule has 2 rings (SSSR count). The molecule has 0 aliphatic carbocycles. The van der Waals surface area contributed by atoms with Crippen LogP contribution in [-0.2, 0) is 21.2 Å². The van der Waals surface area contributed by atoms with Crippen molar-refractivity contribution in [2.45, 2.75) is 24.3 Å². The van der Waals surface area contributed by atoms with E-state index < -0.39 is 22.0 Å². The first-order valence-corrected chi connectivity index (χ1v) is 9.27. The van der Waals surface area contributed by atoms with Gasteiger partial charge in [0.25, 0.3) is 0 Å². The Labute approximate surface area is 148 Å². The maximum absolute atomic E-state index is 12.6. The monoisotopic (exact) mass is 362 g/mol. The highest BCUT2D eigenvalue weighted by Gasteiger charge is 2.25. The van der Waals surface area contributed by atoms with E-state index >= 15 is 0 Å². The van der Waals surface area contributed by atoms with Gasteiger partial charge in [-0.25, -0.2) is 8.42 Å². The molecule has 2 aromatic carbocycles. The van der Waals surface area contributed by atoms with Crippen LogP contribution < -0.4 is 14.8 Å². The molecule has 2 aromatic rings. The lowest BCUT2D eigenvalue weighted by Gasteiger charge is -2.18. The number of sulfonamides is 1. The van der Waals surface area contributed by atoms with E-state index in [1.165, 1.54) is 19.2 Å². The molecule has 6 nitrogen and oxygen atoms in total. The molecule has 0 bridgehead atoms. The van der Waals surface area contributed by atoms with Crippen LogP contribution in [0.25, 0.3) is 0 Å². The number of methoxy groups -OCH3 is 1. The Morgan fingerprint density at radius 1 is 1.08 bits per heavy atom. The summed E-state index contributed by atoms with van der Waals surface area (Å²) >= 11 is 0. The van der Waals surface area contributed by atoms with Gasteiger partial charge in [0.1, 0.15) is 11.8 Å². The van der Waals surface area contributed by atoms with Crippen molar-refractivity contribution in [3.8, 4) is 5.75 Å². The highest BCUT2D eigenvalue weighted by atomic mass is 32.2. The molecule has 1 atom stereocenters. The summed E-state index contributed by atoms with van der Waals surface area (Å²) in [5.74, 6) is 0.298. The normalized spacial score (nSPS) is 12.4. The number of nitrogens with one attached hydrogen (secondary N) is 2. The standard InChI is InChI=1S/C18H22N2O4S/c1-13-4-10-16(11-5-13)25(22,23)20-17(18(21)19-2)12-14-6-8-15(24-3)9-7-14/h4-11,17,20H,12H2,1-3H3,(H,19,21)/t17-/m0/s1. The average Bonchev–Trinajstić information content (AvgIpc) is 2.61. The van der Waals surface area contributed by atoms with Crippen molar-refractivity contribution in [1.82, 2.24) is 10.0 Å². The van der Waals surface area contributed by atoms with Gasteiger partial charge in [-0.15, -0.1) is 0 Å². The molecule has 0 aliphatic heterocycles. The molecule has 0 radical (unpaired) electrons. The Kier molecular flexibility index (Phi) is 6.17. The van der Waals surface area contributed by atoms with E-state index in [-0.39, 0.29) is 11.3 Å². The summed E-state index contributed by atoms with van der Waals surface area (Å²) in [5.41, 5.74) is 1.78. The van der Waals surface area contributed by atoms with Crippen LogP contribution in [0.2, 0.25) is 0 Å². The summed E-state index contributed by atoms with van der Waals surface area (Å²) in [5, 5.41) is 2.50. The molecular weight excluding hydrogens is 340 g/mol. The van der Waals surface area contributed by atoms with Gasteiger partial charge in [-0.3, -0.25) is 4.79 Å². The molecule has 0 aromatic heterocycles. The fourth-order valence-corrected chi connectivity index (χ4v) is 3.53. The van der Waals surface area contributed by atoms with Crippen molar-refractivity contribution in [2.75, 3.05) is 14.2 Å². The Balaban J connectivity index is 2.21. The number of likely N-dealkylation sites (N-methyl/N-ethyl adjacent to an activating group) is 1. The van der Waals surface area contributed by atoms with Gasteiger partial charge in [0.15, 0.2) is 0 Å². The number of amides is 1. The molecule has 0 aliphatic rings. The fourth-order valence-electron chi connectivity index (χ4n) is 2.33. The van der Waals surface area contributed by atoms with Crippen molar-refractivity contribution in [2.24, 2.45) is 0 Å². The zero-order valence-corrected chi connectivity index (χ0v) is 15.3. The Morgan fingerprint density at radius 3 is 2.20 bits per heavy atom. The predicted molar refractivity (Wildman–Crippen MR) is 96.1 cm³/mol. The number of rotatable bonds is 7. The maximum atomic E-state index is 12.6. The van der Waals surface area contributed by atoms with E-state index in [1.807, 2.05) is 6.92 Å². The van der Waals surface area contributed by atoms with Crippen molar-refractivity contribution in [3.63, 3.8) is 0 Å². The SMILES string of the molecule is CNC(=O)[C@H](Cc1ccc(OC)cc1)NS(=O)(=O)c1ccc(C)cc1. The molecule has 2 N–H and O–H groups in total. The summed E-state index contributed by atoms with van der Waals surface area (Å²) in [6.07, 6.45) is 0.231. The van der Waals surface area contributed by atoms with Crippen LogP contribution in [0.5, 0.6) is 5.75 Å². The molecule has 7 heteroatoms. The lowest BCUT2D eigenvalue weighted by atomic mass is 10.1. The Hall–Kier alpha value is -2.38. The van der Waals surface area contributed by atoms with Crippen LogP contribution in [0.1, 0.15) is 11.1 Å². The topological polar surface area (TPSA) is 84.5 Å². The summed E-state index contributed by atoms with van der Waals surface area (Å²) in [4.78, 5) is 12.3. The molecule has 1 amide bonds. The zero-order chi connectivity index (χ0) is 18.4. The van der Waals surface area contributed by atoms with Gasteiger partial charge in [0.2, 0.25) is 15.9 Å². The Morgan fingerprint density at radius 2 is 1.68 bits per heavy atom. The molecule has 134 valence electrons. The first-order chi connectivity index (χ1) is 11.9. The average molecular weight is 362 g/mol. The largest absolute Gasteiger partial charge is 0.497 e. The van der Waals surface area contributed by atoms with E-state index in [0.717, 1.165) is 11.1 Å². The van der Waals surface area contributed by atoms with Crippen LogP contribution in [-0.4, -0.2) is 34.5 Å². The van der Waals surface area contributed by atoms with Crippen LogP contribution in [0.15, 0.2) is 53.4 Å². The van der Waals surface area contributed by atoms with E-state index in [9.17, 15) is 13.2 Å². The number of benzene rings is 2. The molecule has 0 heterocycles.